The van der Waals surface area contributed by atoms with Crippen molar-refractivity contribution in [3.63, 3.8) is 0 Å². The molecule has 0 spiro atoms. The van der Waals surface area contributed by atoms with Crippen molar-refractivity contribution in [3.05, 3.63) is 52.2 Å². The standard InChI is InChI=1S/C25H31Cl2FN4O3/c1-5-8-19(24(28)23(27)16(2)26)31-25-18-11-21(34-4)22(12-20(18)29-15-30-25)35-14-17(33-3)13-32-9-6-7-10-32/h5,8,11-12,15,17H,6-7,9-10,13-14H2,1-4H3,(H,29,30,31)/b8-5-,23-16-,24-19-. The fourth-order valence-electron chi connectivity index (χ4n) is 3.80. The summed E-state index contributed by atoms with van der Waals surface area (Å²) in [5.74, 6) is 0.716. The Morgan fingerprint density at radius 2 is 1.94 bits per heavy atom. The van der Waals surface area contributed by atoms with Crippen LogP contribution in [0, 0.1) is 0 Å². The Morgan fingerprint density at radius 3 is 2.57 bits per heavy atom. The van der Waals surface area contributed by atoms with Crippen LogP contribution in [0.1, 0.15) is 26.7 Å². The number of anilines is 1. The zero-order valence-electron chi connectivity index (χ0n) is 20.4. The molecule has 35 heavy (non-hydrogen) atoms. The molecule has 0 bridgehead atoms. The number of methoxy groups -OCH3 is 2. The first-order valence-corrected chi connectivity index (χ1v) is 12.2. The molecule has 0 saturated carbocycles. The number of ether oxygens (including phenoxy) is 3. The summed E-state index contributed by atoms with van der Waals surface area (Å²) >= 11 is 11.9. The van der Waals surface area contributed by atoms with E-state index >= 15 is 0 Å². The van der Waals surface area contributed by atoms with Crippen LogP contribution in [-0.2, 0) is 4.74 Å². The molecular formula is C25H31Cl2FN4O3. The number of nitrogens with one attached hydrogen (secondary N) is 1. The normalized spacial score (nSPS) is 16.9. The minimum Gasteiger partial charge on any atom is -0.493 e. The monoisotopic (exact) mass is 524 g/mol. The van der Waals surface area contributed by atoms with E-state index < -0.39 is 5.83 Å². The van der Waals surface area contributed by atoms with Gasteiger partial charge in [0.2, 0.25) is 0 Å². The quantitative estimate of drug-likeness (QED) is 0.361. The molecular weight excluding hydrogens is 494 g/mol. The number of hydrogen-bond acceptors (Lipinski definition) is 7. The van der Waals surface area contributed by atoms with Gasteiger partial charge < -0.3 is 24.4 Å². The Balaban J connectivity index is 1.89. The summed E-state index contributed by atoms with van der Waals surface area (Å²) < 4.78 is 32.2. The molecule has 1 N–H and O–H groups in total. The minimum atomic E-state index is -0.695. The lowest BCUT2D eigenvalue weighted by atomic mass is 10.2. The van der Waals surface area contributed by atoms with Gasteiger partial charge in [0.1, 0.15) is 24.9 Å². The van der Waals surface area contributed by atoms with Crippen LogP contribution in [0.4, 0.5) is 10.2 Å². The smallest absolute Gasteiger partial charge is 0.166 e. The van der Waals surface area contributed by atoms with Gasteiger partial charge in [-0.2, -0.15) is 0 Å². The third kappa shape index (κ3) is 7.07. The Hall–Kier alpha value is -2.39. The van der Waals surface area contributed by atoms with E-state index in [9.17, 15) is 4.39 Å². The molecule has 2 heterocycles. The second-order valence-corrected chi connectivity index (χ2v) is 9.06. The van der Waals surface area contributed by atoms with Crippen molar-refractivity contribution in [2.75, 3.05) is 45.8 Å². The van der Waals surface area contributed by atoms with Crippen LogP contribution in [-0.4, -0.2) is 61.4 Å². The number of aromatic nitrogens is 2. The number of halogens is 3. The SMILES string of the molecule is C\C=C/C(Nc1ncnc2cc(OCC(CN3CCCC3)OC)c(OC)cc12)=C(F)\C(Cl)=C(/C)Cl. The van der Waals surface area contributed by atoms with Gasteiger partial charge in [-0.1, -0.05) is 29.3 Å². The molecule has 1 saturated heterocycles. The van der Waals surface area contributed by atoms with Crippen LogP contribution < -0.4 is 14.8 Å². The van der Waals surface area contributed by atoms with Gasteiger partial charge in [-0.15, -0.1) is 0 Å². The maximum absolute atomic E-state index is 14.9. The summed E-state index contributed by atoms with van der Waals surface area (Å²) in [5.41, 5.74) is 0.712. The van der Waals surface area contributed by atoms with Gasteiger partial charge in [0.15, 0.2) is 17.3 Å². The highest BCUT2D eigenvalue weighted by molar-refractivity contribution is 6.40. The predicted octanol–water partition coefficient (Wildman–Crippen LogP) is 6.01. The first-order chi connectivity index (χ1) is 16.9. The molecule has 0 radical (unpaired) electrons. The highest BCUT2D eigenvalue weighted by atomic mass is 35.5. The van der Waals surface area contributed by atoms with E-state index in [1.165, 1.54) is 26.1 Å². The van der Waals surface area contributed by atoms with Gasteiger partial charge in [-0.05, 0) is 51.9 Å². The Labute approximate surface area is 215 Å². The highest BCUT2D eigenvalue weighted by Crippen LogP contribution is 2.35. The molecule has 1 aliphatic heterocycles. The third-order valence-electron chi connectivity index (χ3n) is 5.66. The molecule has 1 fully saturated rings. The van der Waals surface area contributed by atoms with Crippen molar-refractivity contribution in [1.82, 2.24) is 14.9 Å². The number of likely N-dealkylation sites (tertiary alicyclic amines) is 1. The van der Waals surface area contributed by atoms with Crippen LogP contribution in [0.15, 0.2) is 52.2 Å². The second kappa shape index (κ2) is 13.1. The van der Waals surface area contributed by atoms with Gasteiger partial charge in [0.05, 0.1) is 23.4 Å². The summed E-state index contributed by atoms with van der Waals surface area (Å²) in [6.07, 6.45) is 6.98. The zero-order valence-corrected chi connectivity index (χ0v) is 21.9. The number of nitrogens with zero attached hydrogens (tertiary/aromatic N) is 3. The van der Waals surface area contributed by atoms with Crippen LogP contribution in [0.5, 0.6) is 11.5 Å². The molecule has 1 aromatic carbocycles. The lowest BCUT2D eigenvalue weighted by Gasteiger charge is -2.23. The van der Waals surface area contributed by atoms with Gasteiger partial charge in [0, 0.05) is 30.1 Å². The molecule has 1 aromatic heterocycles. The Morgan fingerprint density at radius 1 is 1.20 bits per heavy atom. The first kappa shape index (κ1) is 27.2. The molecule has 10 heteroatoms. The van der Waals surface area contributed by atoms with E-state index in [1.807, 2.05) is 0 Å². The van der Waals surface area contributed by atoms with E-state index in [2.05, 4.69) is 20.2 Å². The molecule has 2 aromatic rings. The number of allylic oxidation sites excluding steroid dienone is 5. The van der Waals surface area contributed by atoms with Crippen LogP contribution in [0.25, 0.3) is 10.9 Å². The van der Waals surface area contributed by atoms with Crippen LogP contribution in [0.2, 0.25) is 0 Å². The summed E-state index contributed by atoms with van der Waals surface area (Å²) in [6.45, 7) is 6.63. The molecule has 0 amide bonds. The van der Waals surface area contributed by atoms with E-state index in [0.717, 1.165) is 19.6 Å². The molecule has 0 aliphatic carbocycles. The van der Waals surface area contributed by atoms with Crippen molar-refractivity contribution in [2.24, 2.45) is 0 Å². The fourth-order valence-corrected chi connectivity index (χ4v) is 3.99. The summed E-state index contributed by atoms with van der Waals surface area (Å²) in [5, 5.41) is 3.58. The van der Waals surface area contributed by atoms with Crippen molar-refractivity contribution in [3.8, 4) is 11.5 Å². The molecule has 190 valence electrons. The van der Waals surface area contributed by atoms with E-state index in [1.54, 1.807) is 45.4 Å². The van der Waals surface area contributed by atoms with Crippen molar-refractivity contribution in [2.45, 2.75) is 32.8 Å². The van der Waals surface area contributed by atoms with Gasteiger partial charge >= 0.3 is 0 Å². The van der Waals surface area contributed by atoms with Crippen LogP contribution >= 0.6 is 23.2 Å². The van der Waals surface area contributed by atoms with Gasteiger partial charge in [0.25, 0.3) is 0 Å². The third-order valence-corrected chi connectivity index (χ3v) is 6.39. The molecule has 7 nitrogen and oxygen atoms in total. The van der Waals surface area contributed by atoms with Crippen molar-refractivity contribution in [1.29, 1.82) is 0 Å². The number of rotatable bonds is 11. The largest absolute Gasteiger partial charge is 0.493 e. The van der Waals surface area contributed by atoms with E-state index in [4.69, 9.17) is 37.4 Å². The maximum Gasteiger partial charge on any atom is 0.166 e. The maximum atomic E-state index is 14.9. The number of hydrogen-bond donors (Lipinski definition) is 1. The summed E-state index contributed by atoms with van der Waals surface area (Å²) in [4.78, 5) is 11.0. The second-order valence-electron chi connectivity index (χ2n) is 8.12. The Kier molecular flexibility index (Phi) is 10.2. The van der Waals surface area contributed by atoms with Crippen LogP contribution in [0.3, 0.4) is 0 Å². The highest BCUT2D eigenvalue weighted by Gasteiger charge is 2.20. The molecule has 1 unspecified atom stereocenters. The van der Waals surface area contributed by atoms with Gasteiger partial charge in [-0.25, -0.2) is 14.4 Å². The molecule has 1 aliphatic rings. The first-order valence-electron chi connectivity index (χ1n) is 11.4. The molecule has 1 atom stereocenters. The summed E-state index contributed by atoms with van der Waals surface area (Å²) in [7, 11) is 3.25. The average Bonchev–Trinajstić information content (AvgIpc) is 3.38. The fraction of sp³-hybridized carbons (Fsp3) is 0.440. The molecule has 3 rings (SSSR count). The van der Waals surface area contributed by atoms with Gasteiger partial charge in [-0.3, -0.25) is 0 Å². The summed E-state index contributed by atoms with van der Waals surface area (Å²) in [6, 6.07) is 3.53. The topological polar surface area (TPSA) is 68.7 Å². The van der Waals surface area contributed by atoms with Crippen molar-refractivity contribution < 1.29 is 18.6 Å². The number of benzene rings is 1. The lowest BCUT2D eigenvalue weighted by Crippen LogP contribution is -2.35. The minimum absolute atomic E-state index is 0.0733. The van der Waals surface area contributed by atoms with Crippen molar-refractivity contribution >= 4 is 39.9 Å². The predicted molar refractivity (Wildman–Crippen MR) is 139 cm³/mol. The zero-order chi connectivity index (χ0) is 25.4. The van der Waals surface area contributed by atoms with E-state index in [0.29, 0.717) is 34.8 Å². The number of fused-ring (bicyclic) bond motifs is 1. The average molecular weight is 525 g/mol. The Bertz CT molecular complexity index is 1110. The van der Waals surface area contributed by atoms with E-state index in [-0.39, 0.29) is 21.9 Å². The lowest BCUT2D eigenvalue weighted by molar-refractivity contribution is 0.0339.